The van der Waals surface area contributed by atoms with Gasteiger partial charge in [0.1, 0.15) is 5.52 Å². The number of nitrogens with one attached hydrogen (secondary N) is 1. The van der Waals surface area contributed by atoms with E-state index in [-0.39, 0.29) is 5.91 Å². The number of nitrogens with zero attached hydrogens (tertiary/aromatic N) is 1. The summed E-state index contributed by atoms with van der Waals surface area (Å²) in [4.78, 5) is 17.0. The first-order valence-corrected chi connectivity index (χ1v) is 8.44. The molecule has 4 nitrogen and oxygen atoms in total. The maximum atomic E-state index is 12.4. The van der Waals surface area contributed by atoms with Crippen LogP contribution in [-0.4, -0.2) is 10.9 Å². The monoisotopic (exact) mass is 342 g/mol. The summed E-state index contributed by atoms with van der Waals surface area (Å²) in [5.74, 6) is 0.432. The molecule has 0 aliphatic rings. The van der Waals surface area contributed by atoms with Crippen LogP contribution in [0.4, 0.5) is 5.69 Å². The van der Waals surface area contributed by atoms with E-state index in [0.29, 0.717) is 28.2 Å². The molecule has 0 spiro atoms. The first kappa shape index (κ1) is 16.1. The zero-order chi connectivity index (χ0) is 18.1. The van der Waals surface area contributed by atoms with E-state index in [1.165, 1.54) is 0 Å². The lowest BCUT2D eigenvalue weighted by molar-refractivity contribution is 0.102. The lowest BCUT2D eigenvalue weighted by Gasteiger charge is -2.05. The molecule has 4 rings (SSSR count). The smallest absolute Gasteiger partial charge is 0.255 e. The lowest BCUT2D eigenvalue weighted by Crippen LogP contribution is -2.11. The molecule has 0 bridgehead atoms. The molecule has 1 N–H and O–H groups in total. The highest BCUT2D eigenvalue weighted by Gasteiger charge is 2.11. The fraction of sp³-hybridized carbons (Fsp3) is 0.0909. The standard InChI is InChI=1S/C22H18N2O2/c1-14-5-3-7-16(11-14)21(25)23-18-9-10-20-19(13-18)24-22(26-20)17-8-4-6-15(2)12-17/h3-13H,1-2H3,(H,23,25). The molecule has 128 valence electrons. The van der Waals surface area contributed by atoms with Gasteiger partial charge in [-0.25, -0.2) is 4.98 Å². The molecule has 0 aliphatic heterocycles. The molecule has 0 atom stereocenters. The van der Waals surface area contributed by atoms with Crippen LogP contribution in [0, 0.1) is 13.8 Å². The second kappa shape index (κ2) is 6.48. The Kier molecular flexibility index (Phi) is 4.01. The molecule has 0 unspecified atom stereocenters. The van der Waals surface area contributed by atoms with Crippen LogP contribution in [0.2, 0.25) is 0 Å². The number of amides is 1. The van der Waals surface area contributed by atoms with Crippen molar-refractivity contribution < 1.29 is 9.21 Å². The molecule has 0 fully saturated rings. The molecule has 26 heavy (non-hydrogen) atoms. The number of hydrogen-bond donors (Lipinski definition) is 1. The van der Waals surface area contributed by atoms with Gasteiger partial charge in [-0.2, -0.15) is 0 Å². The number of oxazole rings is 1. The molecule has 3 aromatic carbocycles. The molecule has 1 aromatic heterocycles. The third-order valence-electron chi connectivity index (χ3n) is 4.19. The Hall–Kier alpha value is -3.40. The Labute approximate surface area is 151 Å². The quantitative estimate of drug-likeness (QED) is 0.545. The van der Waals surface area contributed by atoms with Crippen molar-refractivity contribution in [3.8, 4) is 11.5 Å². The van der Waals surface area contributed by atoms with Crippen LogP contribution < -0.4 is 5.32 Å². The molecular weight excluding hydrogens is 324 g/mol. The Bertz CT molecular complexity index is 1110. The maximum absolute atomic E-state index is 12.4. The van der Waals surface area contributed by atoms with Crippen molar-refractivity contribution in [1.29, 1.82) is 0 Å². The zero-order valence-electron chi connectivity index (χ0n) is 14.6. The minimum absolute atomic E-state index is 0.143. The molecule has 4 aromatic rings. The Morgan fingerprint density at radius 3 is 2.46 bits per heavy atom. The van der Waals surface area contributed by atoms with E-state index in [1.54, 1.807) is 6.07 Å². The van der Waals surface area contributed by atoms with Crippen molar-refractivity contribution in [2.75, 3.05) is 5.32 Å². The van der Waals surface area contributed by atoms with Crippen LogP contribution in [0.1, 0.15) is 21.5 Å². The summed E-state index contributed by atoms with van der Waals surface area (Å²) in [5, 5.41) is 2.92. The first-order valence-electron chi connectivity index (χ1n) is 8.44. The fourth-order valence-electron chi connectivity index (χ4n) is 2.90. The molecule has 0 radical (unpaired) electrons. The van der Waals surface area contributed by atoms with Crippen LogP contribution >= 0.6 is 0 Å². The topological polar surface area (TPSA) is 55.1 Å². The van der Waals surface area contributed by atoms with Crippen molar-refractivity contribution in [3.63, 3.8) is 0 Å². The van der Waals surface area contributed by atoms with Crippen molar-refractivity contribution in [1.82, 2.24) is 4.98 Å². The van der Waals surface area contributed by atoms with Crippen LogP contribution in [-0.2, 0) is 0 Å². The Balaban J connectivity index is 1.62. The molecule has 0 saturated heterocycles. The van der Waals surface area contributed by atoms with Gasteiger partial charge >= 0.3 is 0 Å². The highest BCUT2D eigenvalue weighted by Crippen LogP contribution is 2.27. The van der Waals surface area contributed by atoms with Crippen molar-refractivity contribution in [3.05, 3.63) is 83.4 Å². The molecule has 4 heteroatoms. The van der Waals surface area contributed by atoms with E-state index < -0.39 is 0 Å². The summed E-state index contributed by atoms with van der Waals surface area (Å²) < 4.78 is 5.85. The summed E-state index contributed by atoms with van der Waals surface area (Å²) >= 11 is 0. The average molecular weight is 342 g/mol. The van der Waals surface area contributed by atoms with Gasteiger partial charge in [0, 0.05) is 16.8 Å². The number of anilines is 1. The average Bonchev–Trinajstić information content (AvgIpc) is 3.05. The van der Waals surface area contributed by atoms with E-state index in [1.807, 2.05) is 74.5 Å². The van der Waals surface area contributed by atoms with E-state index in [9.17, 15) is 4.79 Å². The van der Waals surface area contributed by atoms with Gasteiger partial charge in [0.15, 0.2) is 5.58 Å². The second-order valence-corrected chi connectivity index (χ2v) is 6.39. The molecular formula is C22H18N2O2. The second-order valence-electron chi connectivity index (χ2n) is 6.39. The van der Waals surface area contributed by atoms with Crippen molar-refractivity contribution >= 4 is 22.7 Å². The number of rotatable bonds is 3. The molecule has 0 saturated carbocycles. The fourth-order valence-corrected chi connectivity index (χ4v) is 2.90. The van der Waals surface area contributed by atoms with Crippen LogP contribution in [0.25, 0.3) is 22.6 Å². The third kappa shape index (κ3) is 3.22. The van der Waals surface area contributed by atoms with Gasteiger partial charge < -0.3 is 9.73 Å². The van der Waals surface area contributed by atoms with E-state index in [4.69, 9.17) is 4.42 Å². The van der Waals surface area contributed by atoms with Crippen LogP contribution in [0.3, 0.4) is 0 Å². The summed E-state index contributed by atoms with van der Waals surface area (Å²) in [6, 6.07) is 21.0. The molecule has 1 amide bonds. The summed E-state index contributed by atoms with van der Waals surface area (Å²) in [6.45, 7) is 4.00. The van der Waals surface area contributed by atoms with Gasteiger partial charge in [-0.3, -0.25) is 4.79 Å². The molecule has 1 heterocycles. The highest BCUT2D eigenvalue weighted by molar-refractivity contribution is 6.05. The lowest BCUT2D eigenvalue weighted by atomic mass is 10.1. The Morgan fingerprint density at radius 1 is 0.923 bits per heavy atom. The zero-order valence-corrected chi connectivity index (χ0v) is 14.6. The third-order valence-corrected chi connectivity index (χ3v) is 4.19. The minimum atomic E-state index is -0.143. The number of benzene rings is 3. The van der Waals surface area contributed by atoms with Gasteiger partial charge in [0.25, 0.3) is 5.91 Å². The normalized spacial score (nSPS) is 10.8. The Morgan fingerprint density at radius 2 is 1.69 bits per heavy atom. The van der Waals surface area contributed by atoms with E-state index in [0.717, 1.165) is 16.7 Å². The van der Waals surface area contributed by atoms with Crippen molar-refractivity contribution in [2.45, 2.75) is 13.8 Å². The summed E-state index contributed by atoms with van der Waals surface area (Å²) in [7, 11) is 0. The predicted octanol–water partition coefficient (Wildman–Crippen LogP) is 5.36. The largest absolute Gasteiger partial charge is 0.436 e. The number of hydrogen-bond acceptors (Lipinski definition) is 3. The van der Waals surface area contributed by atoms with Gasteiger partial charge in [-0.1, -0.05) is 35.4 Å². The summed E-state index contributed by atoms with van der Waals surface area (Å²) in [5.41, 5.74) is 5.85. The maximum Gasteiger partial charge on any atom is 0.255 e. The minimum Gasteiger partial charge on any atom is -0.436 e. The number of carbonyl (C=O) groups is 1. The number of aryl methyl sites for hydroxylation is 2. The van der Waals surface area contributed by atoms with Gasteiger partial charge in [0.05, 0.1) is 0 Å². The number of aromatic nitrogens is 1. The van der Waals surface area contributed by atoms with Gasteiger partial charge in [0.2, 0.25) is 5.89 Å². The predicted molar refractivity (Wildman–Crippen MR) is 103 cm³/mol. The van der Waals surface area contributed by atoms with Crippen LogP contribution in [0.5, 0.6) is 0 Å². The number of fused-ring (bicyclic) bond motifs is 1. The van der Waals surface area contributed by atoms with E-state index in [2.05, 4.69) is 10.3 Å². The van der Waals surface area contributed by atoms with Gasteiger partial charge in [-0.15, -0.1) is 0 Å². The van der Waals surface area contributed by atoms with E-state index >= 15 is 0 Å². The summed E-state index contributed by atoms with van der Waals surface area (Å²) in [6.07, 6.45) is 0. The number of carbonyl (C=O) groups excluding carboxylic acids is 1. The van der Waals surface area contributed by atoms with Crippen molar-refractivity contribution in [2.24, 2.45) is 0 Å². The van der Waals surface area contributed by atoms with Gasteiger partial charge in [-0.05, 0) is 56.3 Å². The first-order chi connectivity index (χ1) is 12.6. The molecule has 0 aliphatic carbocycles. The van der Waals surface area contributed by atoms with Crippen LogP contribution in [0.15, 0.2) is 71.1 Å². The SMILES string of the molecule is Cc1cccc(C(=O)Nc2ccc3oc(-c4cccc(C)c4)nc3c2)c1. The highest BCUT2D eigenvalue weighted by atomic mass is 16.3.